The minimum atomic E-state index is -4.42. The summed E-state index contributed by atoms with van der Waals surface area (Å²) in [7, 11) is 3.02. The first kappa shape index (κ1) is 18.4. The summed E-state index contributed by atoms with van der Waals surface area (Å²) in [6.07, 6.45) is -4.42. The summed E-state index contributed by atoms with van der Waals surface area (Å²) in [6, 6.07) is 9.92. The van der Waals surface area contributed by atoms with Crippen LogP contribution >= 0.6 is 11.8 Å². The third-order valence-corrected chi connectivity index (χ3v) is 5.23. The molecular weight excluding hydrogens is 367 g/mol. The Morgan fingerprint density at radius 2 is 1.77 bits per heavy atom. The second-order valence-electron chi connectivity index (χ2n) is 5.55. The van der Waals surface area contributed by atoms with E-state index in [-0.39, 0.29) is 11.7 Å². The number of amides is 1. The summed E-state index contributed by atoms with van der Waals surface area (Å²) in [6.45, 7) is 0. The lowest BCUT2D eigenvalue weighted by atomic mass is 10.1. The van der Waals surface area contributed by atoms with E-state index in [4.69, 9.17) is 9.47 Å². The summed E-state index contributed by atoms with van der Waals surface area (Å²) in [5.74, 6) is 1.08. The van der Waals surface area contributed by atoms with Crippen molar-refractivity contribution in [2.24, 2.45) is 0 Å². The Hall–Kier alpha value is -2.35. The number of benzene rings is 2. The van der Waals surface area contributed by atoms with E-state index in [2.05, 4.69) is 0 Å². The molecule has 1 aliphatic heterocycles. The van der Waals surface area contributed by atoms with Crippen molar-refractivity contribution in [3.05, 3.63) is 53.6 Å². The molecule has 0 unspecified atom stereocenters. The lowest BCUT2D eigenvalue weighted by Crippen LogP contribution is -2.28. The standard InChI is InChI=1S/C18H16F3NO3S/c1-24-14-5-3-4-13(16(14)25-2)17-22(15(23)10-26-17)12-8-6-11(7-9-12)18(19,20)21/h3-9,17H,10H2,1-2H3/t17-/m0/s1. The molecule has 0 saturated carbocycles. The maximum absolute atomic E-state index is 12.8. The molecule has 8 heteroatoms. The Labute approximate surface area is 152 Å². The molecule has 1 atom stereocenters. The lowest BCUT2D eigenvalue weighted by Gasteiger charge is -2.26. The molecular formula is C18H16F3NO3S. The first-order valence-corrected chi connectivity index (χ1v) is 8.73. The fraction of sp³-hybridized carbons (Fsp3) is 0.278. The number of hydrogen-bond acceptors (Lipinski definition) is 4. The van der Waals surface area contributed by atoms with E-state index < -0.39 is 17.1 Å². The van der Waals surface area contributed by atoms with Gasteiger partial charge in [-0.15, -0.1) is 11.8 Å². The predicted octanol–water partition coefficient (Wildman–Crippen LogP) is 4.50. The summed E-state index contributed by atoms with van der Waals surface area (Å²) >= 11 is 1.38. The molecule has 138 valence electrons. The molecule has 4 nitrogen and oxygen atoms in total. The van der Waals surface area contributed by atoms with Gasteiger partial charge in [-0.05, 0) is 30.3 Å². The SMILES string of the molecule is COc1cccc([C@@H]2SCC(=O)N2c2ccc(C(F)(F)F)cc2)c1OC. The van der Waals surface area contributed by atoms with Gasteiger partial charge >= 0.3 is 6.18 Å². The number of rotatable bonds is 4. The molecule has 0 radical (unpaired) electrons. The number of thioether (sulfide) groups is 1. The van der Waals surface area contributed by atoms with Crippen LogP contribution in [0.5, 0.6) is 11.5 Å². The zero-order chi connectivity index (χ0) is 18.9. The fourth-order valence-electron chi connectivity index (χ4n) is 2.85. The number of methoxy groups -OCH3 is 2. The molecule has 0 bridgehead atoms. The smallest absolute Gasteiger partial charge is 0.416 e. The fourth-order valence-corrected chi connectivity index (χ4v) is 4.04. The van der Waals surface area contributed by atoms with Crippen molar-refractivity contribution in [2.75, 3.05) is 24.9 Å². The number of carbonyl (C=O) groups excluding carboxylic acids is 1. The largest absolute Gasteiger partial charge is 0.493 e. The van der Waals surface area contributed by atoms with Gasteiger partial charge in [-0.3, -0.25) is 9.69 Å². The number of alkyl halides is 3. The van der Waals surface area contributed by atoms with Gasteiger partial charge in [-0.2, -0.15) is 13.2 Å². The first-order chi connectivity index (χ1) is 12.4. The summed E-state index contributed by atoms with van der Waals surface area (Å²) < 4.78 is 49.1. The van der Waals surface area contributed by atoms with Crippen LogP contribution in [0.2, 0.25) is 0 Å². The molecule has 1 amide bonds. The highest BCUT2D eigenvalue weighted by atomic mass is 32.2. The molecule has 0 N–H and O–H groups in total. The normalized spacial score (nSPS) is 17.5. The number of nitrogens with zero attached hydrogens (tertiary/aromatic N) is 1. The third-order valence-electron chi connectivity index (χ3n) is 4.04. The minimum Gasteiger partial charge on any atom is -0.493 e. The number of halogens is 3. The molecule has 1 heterocycles. The van der Waals surface area contributed by atoms with Crippen LogP contribution in [0.3, 0.4) is 0 Å². The van der Waals surface area contributed by atoms with Gasteiger partial charge in [-0.1, -0.05) is 12.1 Å². The van der Waals surface area contributed by atoms with Crippen LogP contribution in [-0.4, -0.2) is 25.9 Å². The summed E-state index contributed by atoms with van der Waals surface area (Å²) in [5.41, 5.74) is 0.376. The van der Waals surface area contributed by atoms with Crippen molar-refractivity contribution in [1.82, 2.24) is 0 Å². The highest BCUT2D eigenvalue weighted by Gasteiger charge is 2.37. The predicted molar refractivity (Wildman–Crippen MR) is 93.7 cm³/mol. The van der Waals surface area contributed by atoms with Crippen LogP contribution in [-0.2, 0) is 11.0 Å². The molecule has 26 heavy (non-hydrogen) atoms. The molecule has 0 aliphatic carbocycles. The van der Waals surface area contributed by atoms with Crippen molar-refractivity contribution in [2.45, 2.75) is 11.6 Å². The molecule has 0 spiro atoms. The second-order valence-corrected chi connectivity index (χ2v) is 6.62. The van der Waals surface area contributed by atoms with Crippen molar-refractivity contribution in [3.63, 3.8) is 0 Å². The van der Waals surface area contributed by atoms with E-state index in [1.54, 1.807) is 12.1 Å². The number of ether oxygens (including phenoxy) is 2. The van der Waals surface area contributed by atoms with Gasteiger partial charge in [0.05, 0.1) is 25.5 Å². The van der Waals surface area contributed by atoms with Gasteiger partial charge in [0, 0.05) is 11.3 Å². The third kappa shape index (κ3) is 3.33. The van der Waals surface area contributed by atoms with Gasteiger partial charge in [0.15, 0.2) is 11.5 Å². The summed E-state index contributed by atoms with van der Waals surface area (Å²) in [5, 5.41) is -0.413. The number of para-hydroxylation sites is 1. The van der Waals surface area contributed by atoms with E-state index in [0.717, 1.165) is 17.7 Å². The number of carbonyl (C=O) groups is 1. The number of hydrogen-bond donors (Lipinski definition) is 0. The molecule has 1 saturated heterocycles. The Bertz CT molecular complexity index is 808. The van der Waals surface area contributed by atoms with Crippen molar-refractivity contribution < 1.29 is 27.4 Å². The molecule has 1 aliphatic rings. The lowest BCUT2D eigenvalue weighted by molar-refractivity contribution is -0.137. The van der Waals surface area contributed by atoms with Crippen molar-refractivity contribution >= 4 is 23.4 Å². The van der Waals surface area contributed by atoms with Gasteiger partial charge in [0.1, 0.15) is 5.37 Å². The Kier molecular flexibility index (Phi) is 5.04. The zero-order valence-corrected chi connectivity index (χ0v) is 14.9. The molecule has 2 aromatic rings. The average Bonchev–Trinajstić information content (AvgIpc) is 3.01. The monoisotopic (exact) mass is 383 g/mol. The van der Waals surface area contributed by atoms with Gasteiger partial charge in [0.2, 0.25) is 5.91 Å². The van der Waals surface area contributed by atoms with Crippen molar-refractivity contribution in [3.8, 4) is 11.5 Å². The van der Waals surface area contributed by atoms with E-state index in [9.17, 15) is 18.0 Å². The summed E-state index contributed by atoms with van der Waals surface area (Å²) in [4.78, 5) is 13.9. The Morgan fingerprint density at radius 1 is 1.08 bits per heavy atom. The van der Waals surface area contributed by atoms with Crippen LogP contribution in [0.1, 0.15) is 16.5 Å². The molecule has 1 fully saturated rings. The van der Waals surface area contributed by atoms with Crippen LogP contribution in [0.25, 0.3) is 0 Å². The van der Waals surface area contributed by atoms with Gasteiger partial charge < -0.3 is 9.47 Å². The van der Waals surface area contributed by atoms with Crippen LogP contribution < -0.4 is 14.4 Å². The van der Waals surface area contributed by atoms with Crippen LogP contribution in [0.4, 0.5) is 18.9 Å². The Morgan fingerprint density at radius 3 is 2.35 bits per heavy atom. The van der Waals surface area contributed by atoms with Gasteiger partial charge in [-0.25, -0.2) is 0 Å². The maximum atomic E-state index is 12.8. The van der Waals surface area contributed by atoms with Crippen molar-refractivity contribution in [1.29, 1.82) is 0 Å². The second kappa shape index (κ2) is 7.11. The van der Waals surface area contributed by atoms with E-state index >= 15 is 0 Å². The van der Waals surface area contributed by atoms with E-state index in [1.807, 2.05) is 6.07 Å². The highest BCUT2D eigenvalue weighted by Crippen LogP contribution is 2.47. The van der Waals surface area contributed by atoms with Gasteiger partial charge in [0.25, 0.3) is 0 Å². The topological polar surface area (TPSA) is 38.8 Å². The Balaban J connectivity index is 2.00. The zero-order valence-electron chi connectivity index (χ0n) is 14.0. The van der Waals surface area contributed by atoms with E-state index in [1.165, 1.54) is 43.0 Å². The average molecular weight is 383 g/mol. The number of anilines is 1. The minimum absolute atomic E-state index is 0.176. The first-order valence-electron chi connectivity index (χ1n) is 7.68. The highest BCUT2D eigenvalue weighted by molar-refractivity contribution is 8.00. The van der Waals surface area contributed by atoms with Crippen LogP contribution in [0, 0.1) is 0 Å². The molecule has 2 aromatic carbocycles. The van der Waals surface area contributed by atoms with Crippen LogP contribution in [0.15, 0.2) is 42.5 Å². The van der Waals surface area contributed by atoms with E-state index in [0.29, 0.717) is 17.2 Å². The maximum Gasteiger partial charge on any atom is 0.416 e. The molecule has 0 aromatic heterocycles. The molecule has 3 rings (SSSR count). The quantitative estimate of drug-likeness (QED) is 0.779.